The minimum atomic E-state index is 0.300. The van der Waals surface area contributed by atoms with Gasteiger partial charge in [0.15, 0.2) is 11.5 Å². The lowest BCUT2D eigenvalue weighted by Gasteiger charge is -2.15. The Balaban J connectivity index is 1.91. The normalized spacial score (nSPS) is 10.9. The molecule has 5 heteroatoms. The van der Waals surface area contributed by atoms with Gasteiger partial charge in [-0.15, -0.1) is 0 Å². The highest BCUT2D eigenvalue weighted by Crippen LogP contribution is 2.31. The average molecular weight is 424 g/mol. The summed E-state index contributed by atoms with van der Waals surface area (Å²) >= 11 is 12.5. The second kappa shape index (κ2) is 12.9. The van der Waals surface area contributed by atoms with Crippen LogP contribution in [0.4, 0.5) is 0 Å². The summed E-state index contributed by atoms with van der Waals surface area (Å²) < 4.78 is 11.7. The summed E-state index contributed by atoms with van der Waals surface area (Å²) in [6, 6.07) is 11.5. The van der Waals surface area contributed by atoms with Crippen LogP contribution in [0.2, 0.25) is 10.0 Å². The van der Waals surface area contributed by atoms with Gasteiger partial charge in [0.2, 0.25) is 0 Å². The van der Waals surface area contributed by atoms with Crippen molar-refractivity contribution < 1.29 is 9.47 Å². The van der Waals surface area contributed by atoms with Gasteiger partial charge in [-0.1, -0.05) is 67.9 Å². The van der Waals surface area contributed by atoms with Gasteiger partial charge in [0, 0.05) is 22.2 Å². The molecule has 2 rings (SSSR count). The minimum absolute atomic E-state index is 0.300. The molecule has 0 bridgehead atoms. The largest absolute Gasteiger partial charge is 0.490 e. The molecule has 0 heterocycles. The summed E-state index contributed by atoms with van der Waals surface area (Å²) in [5, 5.41) is 4.71. The average Bonchev–Trinajstić information content (AvgIpc) is 2.68. The lowest BCUT2D eigenvalue weighted by molar-refractivity contribution is 0.269. The predicted molar refractivity (Wildman–Crippen MR) is 119 cm³/mol. The molecular formula is C23H31Cl2NO2. The van der Waals surface area contributed by atoms with E-state index in [0.717, 1.165) is 24.4 Å². The number of hydrogen-bond acceptors (Lipinski definition) is 3. The predicted octanol–water partition coefficient (Wildman–Crippen LogP) is 7.03. The zero-order valence-corrected chi connectivity index (χ0v) is 18.4. The maximum absolute atomic E-state index is 6.23. The fraction of sp³-hybridized carbons (Fsp3) is 0.478. The Hall–Kier alpha value is -1.42. The van der Waals surface area contributed by atoms with E-state index in [1.54, 1.807) is 0 Å². The quantitative estimate of drug-likeness (QED) is 0.350. The van der Waals surface area contributed by atoms with E-state index in [1.807, 2.05) is 37.3 Å². The Labute approximate surface area is 179 Å². The van der Waals surface area contributed by atoms with Gasteiger partial charge in [-0.05, 0) is 49.7 Å². The van der Waals surface area contributed by atoms with E-state index >= 15 is 0 Å². The molecule has 2 aromatic carbocycles. The maximum Gasteiger partial charge on any atom is 0.161 e. The third kappa shape index (κ3) is 7.54. The van der Waals surface area contributed by atoms with Crippen LogP contribution in [0.1, 0.15) is 57.1 Å². The molecule has 28 heavy (non-hydrogen) atoms. The molecule has 0 spiro atoms. The molecule has 0 fully saturated rings. The zero-order chi connectivity index (χ0) is 20.2. The Bertz CT molecular complexity index is 701. The molecule has 0 aliphatic carbocycles. The van der Waals surface area contributed by atoms with E-state index in [9.17, 15) is 0 Å². The summed E-state index contributed by atoms with van der Waals surface area (Å²) in [4.78, 5) is 0. The van der Waals surface area contributed by atoms with Crippen LogP contribution in [0.15, 0.2) is 36.4 Å². The molecule has 0 aromatic heterocycles. The van der Waals surface area contributed by atoms with Crippen molar-refractivity contribution in [2.45, 2.75) is 59.1 Å². The van der Waals surface area contributed by atoms with E-state index < -0.39 is 0 Å². The van der Waals surface area contributed by atoms with Crippen LogP contribution in [0.5, 0.6) is 11.5 Å². The number of unbranched alkanes of at least 4 members (excludes halogenated alkanes) is 4. The summed E-state index contributed by atoms with van der Waals surface area (Å²) in [6.07, 6.45) is 6.46. The van der Waals surface area contributed by atoms with Crippen molar-refractivity contribution in [1.29, 1.82) is 0 Å². The SMILES string of the molecule is CCCCCCCNCc1ccc(OCc2c(Cl)cccc2Cl)c(OCC)c1. The standard InChI is InChI=1S/C23H31Cl2NO2/c1-3-5-6-7-8-14-26-16-18-12-13-22(23(15-18)27-4-2)28-17-19-20(24)10-9-11-21(19)25/h9-13,15,26H,3-8,14,16-17H2,1-2H3. The minimum Gasteiger partial charge on any atom is -0.490 e. The van der Waals surface area contributed by atoms with Crippen LogP contribution in [-0.2, 0) is 13.2 Å². The Morgan fingerprint density at radius 3 is 2.32 bits per heavy atom. The van der Waals surface area contributed by atoms with Gasteiger partial charge in [-0.25, -0.2) is 0 Å². The summed E-state index contributed by atoms with van der Waals surface area (Å²) in [5.74, 6) is 1.44. The molecule has 2 aromatic rings. The second-order valence-corrected chi connectivity index (χ2v) is 7.61. The third-order valence-electron chi connectivity index (χ3n) is 4.53. The molecule has 3 nitrogen and oxygen atoms in total. The monoisotopic (exact) mass is 423 g/mol. The van der Waals surface area contributed by atoms with E-state index in [-0.39, 0.29) is 0 Å². The molecule has 0 unspecified atom stereocenters. The molecule has 0 radical (unpaired) electrons. The van der Waals surface area contributed by atoms with E-state index in [2.05, 4.69) is 18.3 Å². The number of rotatable bonds is 13. The van der Waals surface area contributed by atoms with Crippen LogP contribution in [0, 0.1) is 0 Å². The Morgan fingerprint density at radius 2 is 1.61 bits per heavy atom. The van der Waals surface area contributed by atoms with Crippen LogP contribution >= 0.6 is 23.2 Å². The van der Waals surface area contributed by atoms with Gasteiger partial charge in [0.1, 0.15) is 6.61 Å². The molecule has 0 saturated heterocycles. The van der Waals surface area contributed by atoms with Crippen LogP contribution in [0.3, 0.4) is 0 Å². The van der Waals surface area contributed by atoms with Gasteiger partial charge in [0.25, 0.3) is 0 Å². The molecule has 0 saturated carbocycles. The zero-order valence-electron chi connectivity index (χ0n) is 16.9. The van der Waals surface area contributed by atoms with Crippen LogP contribution in [0.25, 0.3) is 0 Å². The van der Waals surface area contributed by atoms with Crippen molar-refractivity contribution in [2.75, 3.05) is 13.2 Å². The Morgan fingerprint density at radius 1 is 0.857 bits per heavy atom. The van der Waals surface area contributed by atoms with E-state index in [1.165, 1.54) is 37.7 Å². The molecular weight excluding hydrogens is 393 g/mol. The lowest BCUT2D eigenvalue weighted by atomic mass is 10.1. The smallest absolute Gasteiger partial charge is 0.161 e. The molecule has 0 atom stereocenters. The number of hydrogen-bond donors (Lipinski definition) is 1. The molecule has 154 valence electrons. The first-order chi connectivity index (χ1) is 13.7. The first-order valence-corrected chi connectivity index (χ1v) is 10.9. The Kier molecular flexibility index (Phi) is 10.6. The van der Waals surface area contributed by atoms with Crippen molar-refractivity contribution in [3.8, 4) is 11.5 Å². The van der Waals surface area contributed by atoms with Crippen molar-refractivity contribution >= 4 is 23.2 Å². The highest BCUT2D eigenvalue weighted by Gasteiger charge is 2.10. The number of halogens is 2. The summed E-state index contributed by atoms with van der Waals surface area (Å²) in [6.45, 7) is 6.95. The van der Waals surface area contributed by atoms with Crippen molar-refractivity contribution in [3.05, 3.63) is 57.6 Å². The van der Waals surface area contributed by atoms with Gasteiger partial charge in [0.05, 0.1) is 6.61 Å². The maximum atomic E-state index is 6.23. The lowest BCUT2D eigenvalue weighted by Crippen LogP contribution is -2.14. The number of ether oxygens (including phenoxy) is 2. The second-order valence-electron chi connectivity index (χ2n) is 6.79. The molecule has 0 aliphatic heterocycles. The highest BCUT2D eigenvalue weighted by atomic mass is 35.5. The highest BCUT2D eigenvalue weighted by molar-refractivity contribution is 6.35. The van der Waals surface area contributed by atoms with E-state index in [4.69, 9.17) is 32.7 Å². The molecule has 1 N–H and O–H groups in total. The topological polar surface area (TPSA) is 30.5 Å². The third-order valence-corrected chi connectivity index (χ3v) is 5.24. The summed E-state index contributed by atoms with van der Waals surface area (Å²) in [5.41, 5.74) is 1.96. The molecule has 0 amide bonds. The fourth-order valence-electron chi connectivity index (χ4n) is 2.96. The van der Waals surface area contributed by atoms with Crippen LogP contribution < -0.4 is 14.8 Å². The van der Waals surface area contributed by atoms with Gasteiger partial charge >= 0.3 is 0 Å². The first kappa shape index (κ1) is 22.9. The van der Waals surface area contributed by atoms with Crippen LogP contribution in [-0.4, -0.2) is 13.2 Å². The van der Waals surface area contributed by atoms with Gasteiger partial charge in [-0.2, -0.15) is 0 Å². The van der Waals surface area contributed by atoms with Crippen molar-refractivity contribution in [2.24, 2.45) is 0 Å². The number of nitrogens with one attached hydrogen (secondary N) is 1. The first-order valence-electron chi connectivity index (χ1n) is 10.2. The number of benzene rings is 2. The molecule has 0 aliphatic rings. The fourth-order valence-corrected chi connectivity index (χ4v) is 3.46. The van der Waals surface area contributed by atoms with Crippen molar-refractivity contribution in [1.82, 2.24) is 5.32 Å². The van der Waals surface area contributed by atoms with E-state index in [0.29, 0.717) is 29.0 Å². The van der Waals surface area contributed by atoms with Gasteiger partial charge in [-0.3, -0.25) is 0 Å². The summed E-state index contributed by atoms with van der Waals surface area (Å²) in [7, 11) is 0. The van der Waals surface area contributed by atoms with Crippen molar-refractivity contribution in [3.63, 3.8) is 0 Å². The van der Waals surface area contributed by atoms with Gasteiger partial charge < -0.3 is 14.8 Å².